The number of fused-ring (bicyclic) bond motifs is 1. The van der Waals surface area contributed by atoms with Gasteiger partial charge in [-0.25, -0.2) is 8.42 Å². The van der Waals surface area contributed by atoms with Crippen molar-refractivity contribution < 1.29 is 17.9 Å². The van der Waals surface area contributed by atoms with Crippen molar-refractivity contribution in [3.63, 3.8) is 0 Å². The van der Waals surface area contributed by atoms with Gasteiger partial charge >= 0.3 is 0 Å². The molecular weight excluding hydrogens is 528 g/mol. The summed E-state index contributed by atoms with van der Waals surface area (Å²) in [6, 6.07) is 12.3. The largest absolute Gasteiger partial charge is 0.384 e. The van der Waals surface area contributed by atoms with Crippen molar-refractivity contribution in [3.8, 4) is 11.4 Å². The molecule has 0 bridgehead atoms. The number of hydrogen-bond acceptors (Lipinski definition) is 7. The summed E-state index contributed by atoms with van der Waals surface area (Å²) in [5.74, 6) is 1.83. The zero-order valence-corrected chi connectivity index (χ0v) is 23.9. The second-order valence-corrected chi connectivity index (χ2v) is 12.6. The Balaban J connectivity index is 1.42. The van der Waals surface area contributed by atoms with Gasteiger partial charge in [-0.15, -0.1) is 10.2 Å². The molecule has 0 saturated carbocycles. The van der Waals surface area contributed by atoms with Crippen molar-refractivity contribution in [1.82, 2.24) is 29.0 Å². The quantitative estimate of drug-likeness (QED) is 0.450. The predicted molar refractivity (Wildman–Crippen MR) is 151 cm³/mol. The number of carbonyl (C=O) groups excluding carboxylic acids is 1. The van der Waals surface area contributed by atoms with Gasteiger partial charge in [0.2, 0.25) is 15.9 Å². The third-order valence-electron chi connectivity index (χ3n) is 8.05. The number of rotatable bonds is 6. The highest BCUT2D eigenvalue weighted by molar-refractivity contribution is 7.89. The van der Waals surface area contributed by atoms with Crippen LogP contribution in [0.3, 0.4) is 0 Å². The van der Waals surface area contributed by atoms with E-state index in [9.17, 15) is 13.2 Å². The molecule has 10 nitrogen and oxygen atoms in total. The minimum absolute atomic E-state index is 0.158. The van der Waals surface area contributed by atoms with Crippen LogP contribution in [0.1, 0.15) is 37.9 Å². The molecule has 1 atom stereocenters. The van der Waals surface area contributed by atoms with Crippen LogP contribution in [0.4, 0.5) is 0 Å². The van der Waals surface area contributed by atoms with Crippen LogP contribution < -0.4 is 0 Å². The Bertz CT molecular complexity index is 1360. The lowest BCUT2D eigenvalue weighted by molar-refractivity contribution is -0.137. The third kappa shape index (κ3) is 6.42. The van der Waals surface area contributed by atoms with Crippen LogP contribution in [0, 0.1) is 11.8 Å². The van der Waals surface area contributed by atoms with Gasteiger partial charge in [-0.3, -0.25) is 9.78 Å². The molecule has 2 aliphatic heterocycles. The number of methoxy groups -OCH3 is 1. The molecule has 0 radical (unpaired) electrons. The molecule has 2 aliphatic rings. The van der Waals surface area contributed by atoms with Crippen molar-refractivity contribution in [2.75, 3.05) is 39.9 Å². The highest BCUT2D eigenvalue weighted by atomic mass is 32.2. The summed E-state index contributed by atoms with van der Waals surface area (Å²) < 4.78 is 36.1. The first-order chi connectivity index (χ1) is 19.5. The molecule has 4 heterocycles. The SMILES string of the molecule is COCC1CCN(C(=O)C2CCCN(S(=O)(=O)c3ccccc3)CCc3nnc(-c4cccnc4)n3CC2)CC1. The first kappa shape index (κ1) is 28.4. The molecule has 0 spiro atoms. The number of piperidine rings is 1. The second-order valence-electron chi connectivity index (χ2n) is 10.7. The molecule has 40 heavy (non-hydrogen) atoms. The Labute approximate surface area is 236 Å². The molecule has 2 aromatic heterocycles. The summed E-state index contributed by atoms with van der Waals surface area (Å²) in [5, 5.41) is 8.93. The van der Waals surface area contributed by atoms with E-state index in [0.29, 0.717) is 56.3 Å². The number of benzene rings is 1. The van der Waals surface area contributed by atoms with Gasteiger partial charge in [0.25, 0.3) is 0 Å². The molecule has 5 rings (SSSR count). The van der Waals surface area contributed by atoms with E-state index in [0.717, 1.165) is 38.1 Å². The first-order valence-corrected chi connectivity index (χ1v) is 15.6. The fraction of sp³-hybridized carbons (Fsp3) is 0.517. The van der Waals surface area contributed by atoms with Crippen LogP contribution in [0.15, 0.2) is 59.8 Å². The molecule has 11 heteroatoms. The van der Waals surface area contributed by atoms with E-state index in [1.807, 2.05) is 27.7 Å². The minimum atomic E-state index is -3.70. The van der Waals surface area contributed by atoms with Crippen LogP contribution >= 0.6 is 0 Å². The van der Waals surface area contributed by atoms with Crippen LogP contribution in [0.25, 0.3) is 11.4 Å². The molecular formula is C29H38N6O4S. The summed E-state index contributed by atoms with van der Waals surface area (Å²) in [4.78, 5) is 20.3. The molecule has 1 saturated heterocycles. The van der Waals surface area contributed by atoms with Crippen LogP contribution in [0.5, 0.6) is 0 Å². The lowest BCUT2D eigenvalue weighted by Crippen LogP contribution is -2.43. The Morgan fingerprint density at radius 3 is 2.48 bits per heavy atom. The van der Waals surface area contributed by atoms with Gasteiger partial charge in [0.1, 0.15) is 5.82 Å². The number of carbonyl (C=O) groups is 1. The topological polar surface area (TPSA) is 111 Å². The average Bonchev–Trinajstić information content (AvgIpc) is 3.38. The Morgan fingerprint density at radius 1 is 0.950 bits per heavy atom. The fourth-order valence-electron chi connectivity index (χ4n) is 5.79. The Morgan fingerprint density at radius 2 is 1.75 bits per heavy atom. The normalized spacial score (nSPS) is 20.0. The standard InChI is InChI=1S/C29H38N6O4S/c1-39-22-23-11-17-33(18-12-23)29(36)24-8-6-16-34(40(37,38)26-9-3-2-4-10-26)19-14-27-31-32-28(35(27)20-13-24)25-7-5-15-30-21-25/h2-5,7,9-10,15,21,23-24H,6,8,11-14,16-20,22H2,1H3. The van der Waals surface area contributed by atoms with Gasteiger partial charge < -0.3 is 14.2 Å². The molecule has 1 unspecified atom stereocenters. The van der Waals surface area contributed by atoms with E-state index in [1.54, 1.807) is 43.8 Å². The molecule has 3 aromatic rings. The lowest BCUT2D eigenvalue weighted by atomic mass is 9.93. The lowest BCUT2D eigenvalue weighted by Gasteiger charge is -2.34. The van der Waals surface area contributed by atoms with Gasteiger partial charge in [0.15, 0.2) is 5.82 Å². The highest BCUT2D eigenvalue weighted by Gasteiger charge is 2.31. The van der Waals surface area contributed by atoms with E-state index >= 15 is 0 Å². The van der Waals surface area contributed by atoms with Crippen LogP contribution in [-0.4, -0.2) is 83.2 Å². The first-order valence-electron chi connectivity index (χ1n) is 14.1. The molecule has 0 N–H and O–H groups in total. The maximum absolute atomic E-state index is 13.8. The van der Waals surface area contributed by atoms with E-state index in [-0.39, 0.29) is 23.3 Å². The molecule has 214 valence electrons. The van der Waals surface area contributed by atoms with E-state index in [1.165, 1.54) is 4.31 Å². The van der Waals surface area contributed by atoms with E-state index in [2.05, 4.69) is 15.2 Å². The van der Waals surface area contributed by atoms with Crippen molar-refractivity contribution in [2.45, 2.75) is 50.0 Å². The number of sulfonamides is 1. The van der Waals surface area contributed by atoms with Gasteiger partial charge in [-0.2, -0.15) is 4.31 Å². The van der Waals surface area contributed by atoms with Crippen molar-refractivity contribution in [1.29, 1.82) is 0 Å². The number of pyridine rings is 1. The predicted octanol–water partition coefficient (Wildman–Crippen LogP) is 3.26. The fourth-order valence-corrected chi connectivity index (χ4v) is 7.29. The zero-order chi connectivity index (χ0) is 28.0. The maximum Gasteiger partial charge on any atom is 0.243 e. The van der Waals surface area contributed by atoms with Gasteiger partial charge in [0.05, 0.1) is 4.90 Å². The summed E-state index contributed by atoms with van der Waals surface area (Å²) in [7, 11) is -1.98. The summed E-state index contributed by atoms with van der Waals surface area (Å²) in [6.07, 6.45) is 7.64. The summed E-state index contributed by atoms with van der Waals surface area (Å²) in [5.41, 5.74) is 0.841. The monoisotopic (exact) mass is 566 g/mol. The Kier molecular flexibility index (Phi) is 9.23. The van der Waals surface area contributed by atoms with Gasteiger partial charge in [-0.1, -0.05) is 18.2 Å². The van der Waals surface area contributed by atoms with E-state index < -0.39 is 10.0 Å². The third-order valence-corrected chi connectivity index (χ3v) is 9.96. The number of ether oxygens (including phenoxy) is 1. The van der Waals surface area contributed by atoms with E-state index in [4.69, 9.17) is 4.74 Å². The van der Waals surface area contributed by atoms with Crippen LogP contribution in [0.2, 0.25) is 0 Å². The number of nitrogens with zero attached hydrogens (tertiary/aromatic N) is 6. The highest BCUT2D eigenvalue weighted by Crippen LogP contribution is 2.27. The smallest absolute Gasteiger partial charge is 0.243 e. The Hall–Kier alpha value is -3.15. The van der Waals surface area contributed by atoms with Gasteiger partial charge in [-0.05, 0) is 62.3 Å². The van der Waals surface area contributed by atoms with Crippen LogP contribution in [-0.2, 0) is 32.5 Å². The second kappa shape index (κ2) is 13.0. The number of likely N-dealkylation sites (tertiary alicyclic amines) is 1. The average molecular weight is 567 g/mol. The summed E-state index contributed by atoms with van der Waals surface area (Å²) in [6.45, 7) is 3.40. The van der Waals surface area contributed by atoms with Gasteiger partial charge in [0, 0.05) is 76.7 Å². The van der Waals surface area contributed by atoms with Crippen molar-refractivity contribution in [3.05, 3.63) is 60.7 Å². The number of amides is 1. The molecule has 0 aliphatic carbocycles. The molecule has 1 amide bonds. The molecule has 1 aromatic carbocycles. The maximum atomic E-state index is 13.8. The zero-order valence-electron chi connectivity index (χ0n) is 23.1. The molecule has 1 fully saturated rings. The minimum Gasteiger partial charge on any atom is -0.384 e. The van der Waals surface area contributed by atoms with Crippen molar-refractivity contribution in [2.24, 2.45) is 11.8 Å². The number of hydrogen-bond donors (Lipinski definition) is 0. The summed E-state index contributed by atoms with van der Waals surface area (Å²) >= 11 is 0. The van der Waals surface area contributed by atoms with Crippen molar-refractivity contribution >= 4 is 15.9 Å². The number of aromatic nitrogens is 4.